The fourth-order valence-corrected chi connectivity index (χ4v) is 4.46. The second kappa shape index (κ2) is 8.90. The first-order valence-electron chi connectivity index (χ1n) is 11.4. The second-order valence-corrected chi connectivity index (χ2v) is 7.80. The molecule has 0 atom stereocenters. The monoisotopic (exact) mass is 437 g/mol. The topological polar surface area (TPSA) is 57.8 Å². The molecule has 5 aromatic rings. The molecule has 0 fully saturated rings. The van der Waals surface area contributed by atoms with Crippen molar-refractivity contribution in [1.29, 1.82) is 0 Å². The largest absolute Gasteiger partial charge is 0.497 e. The van der Waals surface area contributed by atoms with Gasteiger partial charge in [-0.1, -0.05) is 44.2 Å². The fraction of sp³-hybridized carbons (Fsp3) is 0.222. The van der Waals surface area contributed by atoms with Crippen LogP contribution in [0.25, 0.3) is 27.8 Å². The van der Waals surface area contributed by atoms with Crippen LogP contribution >= 0.6 is 0 Å². The third-order valence-corrected chi connectivity index (χ3v) is 6.01. The number of fused-ring (bicyclic) bond motifs is 5. The van der Waals surface area contributed by atoms with Gasteiger partial charge >= 0.3 is 0 Å². The van der Waals surface area contributed by atoms with Gasteiger partial charge in [0.2, 0.25) is 0 Å². The maximum Gasteiger partial charge on any atom is 0.158 e. The number of benzene rings is 2. The lowest BCUT2D eigenvalue weighted by Crippen LogP contribution is -2.10. The zero-order valence-corrected chi connectivity index (χ0v) is 19.2. The van der Waals surface area contributed by atoms with E-state index in [9.17, 15) is 0 Å². The molecule has 6 heteroatoms. The Morgan fingerprint density at radius 3 is 2.42 bits per heavy atom. The van der Waals surface area contributed by atoms with Crippen molar-refractivity contribution < 1.29 is 4.74 Å². The normalized spacial score (nSPS) is 12.0. The van der Waals surface area contributed by atoms with E-state index in [1.807, 2.05) is 67.5 Å². The number of hydrogen-bond donors (Lipinski definition) is 0. The Morgan fingerprint density at radius 2 is 1.67 bits per heavy atom. The Kier molecular flexibility index (Phi) is 5.65. The summed E-state index contributed by atoms with van der Waals surface area (Å²) in [5, 5.41) is 10.5. The molecule has 0 spiro atoms. The predicted molar refractivity (Wildman–Crippen MR) is 131 cm³/mol. The van der Waals surface area contributed by atoms with Crippen LogP contribution in [0, 0.1) is 0 Å². The Balaban J connectivity index is 0.00000111. The van der Waals surface area contributed by atoms with Crippen molar-refractivity contribution in [3.63, 3.8) is 0 Å². The molecule has 33 heavy (non-hydrogen) atoms. The third-order valence-electron chi connectivity index (χ3n) is 6.01. The zero-order chi connectivity index (χ0) is 22.8. The lowest BCUT2D eigenvalue weighted by molar-refractivity contribution is 0.414. The molecule has 3 heterocycles. The molecular weight excluding hydrogens is 410 g/mol. The highest BCUT2D eigenvalue weighted by Crippen LogP contribution is 2.38. The van der Waals surface area contributed by atoms with Gasteiger partial charge in [0.15, 0.2) is 5.65 Å². The smallest absolute Gasteiger partial charge is 0.158 e. The Labute approximate surface area is 193 Å². The van der Waals surface area contributed by atoms with Crippen LogP contribution in [0.2, 0.25) is 0 Å². The number of para-hydroxylation sites is 1. The van der Waals surface area contributed by atoms with Crippen LogP contribution in [0.5, 0.6) is 5.75 Å². The molecule has 6 nitrogen and oxygen atoms in total. The van der Waals surface area contributed by atoms with E-state index in [0.29, 0.717) is 6.54 Å². The fourth-order valence-electron chi connectivity index (χ4n) is 4.46. The van der Waals surface area contributed by atoms with Gasteiger partial charge < -0.3 is 4.74 Å². The van der Waals surface area contributed by atoms with E-state index >= 15 is 0 Å². The molecule has 0 saturated carbocycles. The molecule has 1 aliphatic carbocycles. The summed E-state index contributed by atoms with van der Waals surface area (Å²) in [6, 6.07) is 18.4. The number of pyridine rings is 1. The van der Waals surface area contributed by atoms with E-state index in [0.717, 1.165) is 40.9 Å². The average molecular weight is 438 g/mol. The van der Waals surface area contributed by atoms with Gasteiger partial charge in [-0.25, -0.2) is 14.3 Å². The number of rotatable bonds is 4. The van der Waals surface area contributed by atoms with Crippen LogP contribution in [0.1, 0.15) is 30.7 Å². The van der Waals surface area contributed by atoms with Crippen molar-refractivity contribution in [2.75, 3.05) is 7.11 Å². The maximum atomic E-state index is 5.26. The number of ether oxygens (including phenoxy) is 1. The Morgan fingerprint density at radius 1 is 0.879 bits per heavy atom. The lowest BCUT2D eigenvalue weighted by atomic mass is 9.89. The first-order chi connectivity index (χ1) is 16.3. The minimum Gasteiger partial charge on any atom is -0.497 e. The molecule has 3 aromatic heterocycles. The van der Waals surface area contributed by atoms with Gasteiger partial charge in [0.05, 0.1) is 37.4 Å². The van der Waals surface area contributed by atoms with Gasteiger partial charge in [-0.05, 0) is 48.2 Å². The SMILES string of the molecule is CC.COc1ccc(Cn2ncc3c4c(cnc32)CCc2c-4cnn2-c2ccccc2)cc1. The Hall–Kier alpha value is -3.93. The van der Waals surface area contributed by atoms with Crippen molar-refractivity contribution in [3.05, 3.63) is 90.0 Å². The van der Waals surface area contributed by atoms with Gasteiger partial charge in [0.25, 0.3) is 0 Å². The van der Waals surface area contributed by atoms with Gasteiger partial charge in [0.1, 0.15) is 5.75 Å². The quantitative estimate of drug-likeness (QED) is 0.374. The molecule has 166 valence electrons. The number of aromatic nitrogens is 5. The number of aryl methyl sites for hydroxylation is 1. The third kappa shape index (κ3) is 3.67. The van der Waals surface area contributed by atoms with Crippen LogP contribution in [-0.4, -0.2) is 31.7 Å². The first kappa shape index (κ1) is 20.9. The van der Waals surface area contributed by atoms with Crippen LogP contribution in [0.3, 0.4) is 0 Å². The highest BCUT2D eigenvalue weighted by atomic mass is 16.5. The summed E-state index contributed by atoms with van der Waals surface area (Å²) in [5.41, 5.74) is 8.05. The van der Waals surface area contributed by atoms with E-state index in [4.69, 9.17) is 14.8 Å². The van der Waals surface area contributed by atoms with E-state index in [1.54, 1.807) is 7.11 Å². The number of nitrogens with zero attached hydrogens (tertiary/aromatic N) is 5. The van der Waals surface area contributed by atoms with Gasteiger partial charge in [-0.3, -0.25) is 0 Å². The standard InChI is InChI=1S/C25H21N5O.C2H6/c1-31-20-10-7-17(8-11-20)16-29-25-22(15-27-29)24-18(13-26-25)9-12-23-21(24)14-28-30(23)19-5-3-2-4-6-19;1-2/h2-8,10-11,13-15H,9,12,16H2,1H3;1-2H3. The maximum absolute atomic E-state index is 5.26. The summed E-state index contributed by atoms with van der Waals surface area (Å²) in [6.07, 6.45) is 7.84. The minimum absolute atomic E-state index is 0.662. The molecule has 0 unspecified atom stereocenters. The van der Waals surface area contributed by atoms with Crippen LogP contribution in [-0.2, 0) is 19.4 Å². The average Bonchev–Trinajstić information content (AvgIpc) is 3.50. The van der Waals surface area contributed by atoms with Gasteiger partial charge in [-0.15, -0.1) is 0 Å². The summed E-state index contributed by atoms with van der Waals surface area (Å²) in [6.45, 7) is 4.66. The van der Waals surface area contributed by atoms with E-state index < -0.39 is 0 Å². The van der Waals surface area contributed by atoms with Crippen molar-refractivity contribution in [2.24, 2.45) is 0 Å². The van der Waals surface area contributed by atoms with Crippen molar-refractivity contribution in [3.8, 4) is 22.6 Å². The predicted octanol–water partition coefficient (Wildman–Crippen LogP) is 5.47. The minimum atomic E-state index is 0.662. The molecule has 0 saturated heterocycles. The van der Waals surface area contributed by atoms with Crippen LogP contribution in [0.4, 0.5) is 0 Å². The summed E-state index contributed by atoms with van der Waals surface area (Å²) < 4.78 is 9.29. The van der Waals surface area contributed by atoms with Crippen LogP contribution < -0.4 is 4.74 Å². The zero-order valence-electron chi connectivity index (χ0n) is 19.2. The molecular formula is C27H27N5O. The van der Waals surface area contributed by atoms with Crippen LogP contribution in [0.15, 0.2) is 73.2 Å². The molecule has 2 aromatic carbocycles. The molecule has 1 aliphatic rings. The Bertz CT molecular complexity index is 1380. The summed E-state index contributed by atoms with van der Waals surface area (Å²) in [7, 11) is 1.68. The molecule has 0 amide bonds. The van der Waals surface area contributed by atoms with E-state index in [2.05, 4.69) is 34.0 Å². The first-order valence-corrected chi connectivity index (χ1v) is 11.4. The van der Waals surface area contributed by atoms with Gasteiger partial charge in [-0.2, -0.15) is 10.2 Å². The molecule has 0 N–H and O–H groups in total. The van der Waals surface area contributed by atoms with Crippen molar-refractivity contribution >= 4 is 11.0 Å². The molecule has 0 bridgehead atoms. The van der Waals surface area contributed by atoms with Crippen molar-refractivity contribution in [2.45, 2.75) is 33.2 Å². The molecule has 0 aliphatic heterocycles. The van der Waals surface area contributed by atoms with Crippen molar-refractivity contribution in [1.82, 2.24) is 24.5 Å². The highest BCUT2D eigenvalue weighted by Gasteiger charge is 2.25. The van der Waals surface area contributed by atoms with E-state index in [-0.39, 0.29) is 0 Å². The summed E-state index contributed by atoms with van der Waals surface area (Å²) in [4.78, 5) is 4.77. The summed E-state index contributed by atoms with van der Waals surface area (Å²) >= 11 is 0. The molecule has 0 radical (unpaired) electrons. The van der Waals surface area contributed by atoms with E-state index in [1.165, 1.54) is 22.4 Å². The number of methoxy groups -OCH3 is 1. The highest BCUT2D eigenvalue weighted by molar-refractivity contribution is 5.95. The summed E-state index contributed by atoms with van der Waals surface area (Å²) in [5.74, 6) is 0.851. The molecule has 6 rings (SSSR count). The van der Waals surface area contributed by atoms with Gasteiger partial charge in [0, 0.05) is 22.7 Å². The lowest BCUT2D eigenvalue weighted by Gasteiger charge is -2.18. The number of hydrogen-bond acceptors (Lipinski definition) is 4. The second-order valence-electron chi connectivity index (χ2n) is 7.80.